The number of phosphoric acid groups is 2. The monoisotopic (exact) mass is 1320 g/mol. The minimum atomic E-state index is -4.93. The van der Waals surface area contributed by atoms with Crippen LogP contribution in [0.1, 0.15) is 252 Å². The average molecular weight is 1320 g/mol. The van der Waals surface area contributed by atoms with Gasteiger partial charge in [0.25, 0.3) is 0 Å². The summed E-state index contributed by atoms with van der Waals surface area (Å²) in [5, 5.41) is 20.6. The molecular weight excluding hydrogens is 1190 g/mol. The molecule has 0 aromatic carbocycles. The number of carbonyl (C=O) groups excluding carboxylic acids is 3. The summed E-state index contributed by atoms with van der Waals surface area (Å²) in [5.41, 5.74) is 0. The summed E-state index contributed by atoms with van der Waals surface area (Å²) in [7, 11) is -9.79. The maximum Gasteiger partial charge on any atom is 0.472 e. The number of aliphatic hydroxyl groups excluding tert-OH is 2. The van der Waals surface area contributed by atoms with Gasteiger partial charge in [-0.05, 0) is 128 Å². The lowest BCUT2D eigenvalue weighted by Gasteiger charge is -2.21. The van der Waals surface area contributed by atoms with E-state index >= 15 is 0 Å². The molecule has 5 unspecified atom stereocenters. The van der Waals surface area contributed by atoms with Gasteiger partial charge < -0.3 is 34.2 Å². The minimum absolute atomic E-state index is 0.0811. The largest absolute Gasteiger partial charge is 0.472 e. The molecule has 0 aromatic heterocycles. The summed E-state index contributed by atoms with van der Waals surface area (Å²) < 4.78 is 60.9. The van der Waals surface area contributed by atoms with Crippen LogP contribution in [-0.4, -0.2) is 95.9 Å². The van der Waals surface area contributed by atoms with Crippen molar-refractivity contribution in [3.8, 4) is 0 Å². The van der Waals surface area contributed by atoms with E-state index < -0.39 is 91.5 Å². The summed E-state index contributed by atoms with van der Waals surface area (Å²) in [6, 6.07) is 0. The van der Waals surface area contributed by atoms with Crippen LogP contribution in [0.5, 0.6) is 0 Å². The molecule has 0 amide bonds. The van der Waals surface area contributed by atoms with Crippen molar-refractivity contribution >= 4 is 33.6 Å². The zero-order valence-corrected chi connectivity index (χ0v) is 58.0. The van der Waals surface area contributed by atoms with E-state index in [4.69, 9.17) is 32.3 Å². The average Bonchev–Trinajstić information content (AvgIpc) is 3.74. The number of unbranched alkanes of at least 4 members (excludes halogenated alkanes) is 19. The maximum absolute atomic E-state index is 12.9. The number of carbonyl (C=O) groups is 3. The third-order valence-corrected chi connectivity index (χ3v) is 15.7. The van der Waals surface area contributed by atoms with Crippen molar-refractivity contribution in [3.63, 3.8) is 0 Å². The fraction of sp³-hybridized carbons (Fsp3) is 0.658. The van der Waals surface area contributed by atoms with Gasteiger partial charge >= 0.3 is 33.6 Å². The Kier molecular flexibility index (Phi) is 62.6. The van der Waals surface area contributed by atoms with Crippen LogP contribution in [0.25, 0.3) is 0 Å². The Bertz CT molecular complexity index is 2190. The van der Waals surface area contributed by atoms with Crippen molar-refractivity contribution in [2.75, 3.05) is 39.6 Å². The van der Waals surface area contributed by atoms with Gasteiger partial charge in [0.05, 0.1) is 26.4 Å². The SMILES string of the molecule is CC/C=C\C/C=C\C/C=C\C/C=C\C/C=C\CCCCCCCCCC(=O)OCC(O)COP(=O)(O)OCC(O)COP(=O)(O)OCC(COC(=O)CCCCCCCC/C=C\C/C=C\C/C=C\C/C=C\CC)OC(=O)CCCCCCC/C=C\C/C=C\CCC. The molecule has 0 saturated carbocycles. The van der Waals surface area contributed by atoms with Gasteiger partial charge in [0.1, 0.15) is 25.4 Å². The molecule has 0 spiro atoms. The van der Waals surface area contributed by atoms with Crippen molar-refractivity contribution in [1.82, 2.24) is 0 Å². The van der Waals surface area contributed by atoms with E-state index in [-0.39, 0.29) is 19.3 Å². The first-order valence-corrected chi connectivity index (χ1v) is 37.5. The highest BCUT2D eigenvalue weighted by Crippen LogP contribution is 2.45. The summed E-state index contributed by atoms with van der Waals surface area (Å²) in [4.78, 5) is 58.4. The van der Waals surface area contributed by atoms with Gasteiger partial charge in [-0.15, -0.1) is 0 Å². The zero-order chi connectivity index (χ0) is 66.7. The fourth-order valence-corrected chi connectivity index (χ4v) is 10.2. The molecule has 0 saturated heterocycles. The van der Waals surface area contributed by atoms with E-state index in [9.17, 15) is 43.5 Å². The molecule has 0 fully saturated rings. The van der Waals surface area contributed by atoms with Crippen LogP contribution in [0.3, 0.4) is 0 Å². The van der Waals surface area contributed by atoms with Gasteiger partial charge in [-0.25, -0.2) is 9.13 Å². The molecule has 18 heteroatoms. The number of allylic oxidation sites excluding steroid dienone is 22. The van der Waals surface area contributed by atoms with Crippen LogP contribution >= 0.6 is 15.6 Å². The van der Waals surface area contributed by atoms with Crippen molar-refractivity contribution in [2.24, 2.45) is 0 Å². The highest BCUT2D eigenvalue weighted by atomic mass is 31.2. The smallest absolute Gasteiger partial charge is 0.463 e. The van der Waals surface area contributed by atoms with Gasteiger partial charge in [0, 0.05) is 19.3 Å². The molecule has 0 aliphatic rings. The van der Waals surface area contributed by atoms with Gasteiger partial charge in [-0.3, -0.25) is 32.5 Å². The van der Waals surface area contributed by atoms with Gasteiger partial charge in [0.15, 0.2) is 6.10 Å². The molecule has 520 valence electrons. The van der Waals surface area contributed by atoms with Gasteiger partial charge in [-0.1, -0.05) is 238 Å². The number of rotatable bonds is 64. The third kappa shape index (κ3) is 66.9. The van der Waals surface area contributed by atoms with E-state index in [2.05, 4.69) is 154 Å². The predicted octanol–water partition coefficient (Wildman–Crippen LogP) is 19.2. The zero-order valence-electron chi connectivity index (χ0n) is 56.2. The van der Waals surface area contributed by atoms with E-state index in [0.717, 1.165) is 193 Å². The Morgan fingerprint density at radius 3 is 0.923 bits per heavy atom. The molecule has 16 nitrogen and oxygen atoms in total. The normalized spacial score (nSPS) is 15.0. The van der Waals surface area contributed by atoms with Crippen molar-refractivity contribution < 1.29 is 75.8 Å². The molecule has 0 aliphatic carbocycles. The van der Waals surface area contributed by atoms with E-state index in [1.807, 2.05) is 0 Å². The quantitative estimate of drug-likeness (QED) is 0.0146. The minimum Gasteiger partial charge on any atom is -0.463 e. The highest BCUT2D eigenvalue weighted by Gasteiger charge is 2.29. The summed E-state index contributed by atoms with van der Waals surface area (Å²) in [6.07, 6.45) is 76.4. The molecule has 0 aliphatic heterocycles. The topological polar surface area (TPSA) is 231 Å². The number of esters is 3. The maximum atomic E-state index is 12.9. The standard InChI is InChI=1S/C73H122O16P2/c1-4-7-10-13-16-19-22-25-27-29-31-32-33-34-36-38-39-42-44-47-50-53-56-59-71(76)83-62-68(74)63-85-90(79,80)86-64-69(75)65-87-91(81,82)88-67-70(89-73(78)61-58-55-52-49-46-41-24-21-18-15-12-9-6-3)66-84-72(77)60-57-54-51-48-45-43-40-37-35-30-28-26-23-20-17-14-11-8-5-2/h7-8,10-12,15-17,19-21,24-28,31-32,34-37,68-70,74-75H,4-6,9,13-14,18,22-23,29-30,33,38-67H2,1-3H3,(H,79,80)(H,81,82)/b10-7-,11-8-,15-12-,19-16-,20-17-,24-21-,27-25-,28-26-,32-31-,36-34-,37-35-. The first-order valence-electron chi connectivity index (χ1n) is 34.5. The Labute approximate surface area is 550 Å². The lowest BCUT2D eigenvalue weighted by atomic mass is 10.1. The predicted molar refractivity (Wildman–Crippen MR) is 371 cm³/mol. The molecule has 0 rings (SSSR count). The van der Waals surface area contributed by atoms with E-state index in [0.29, 0.717) is 19.3 Å². The first-order chi connectivity index (χ1) is 44.2. The first kappa shape index (κ1) is 86.7. The second kappa shape index (κ2) is 65.7. The Morgan fingerprint density at radius 2 is 0.582 bits per heavy atom. The second-order valence-corrected chi connectivity index (χ2v) is 25.5. The number of phosphoric ester groups is 2. The molecule has 5 atom stereocenters. The second-order valence-electron chi connectivity index (χ2n) is 22.6. The van der Waals surface area contributed by atoms with Gasteiger partial charge in [0.2, 0.25) is 0 Å². The lowest BCUT2D eigenvalue weighted by molar-refractivity contribution is -0.161. The van der Waals surface area contributed by atoms with E-state index in [1.165, 1.54) is 0 Å². The number of ether oxygens (including phenoxy) is 3. The molecular formula is C73H122O16P2. The highest BCUT2D eigenvalue weighted by molar-refractivity contribution is 7.47. The summed E-state index contributed by atoms with van der Waals surface area (Å²) >= 11 is 0. The number of hydrogen-bond acceptors (Lipinski definition) is 14. The van der Waals surface area contributed by atoms with Crippen molar-refractivity contribution in [3.05, 3.63) is 134 Å². The lowest BCUT2D eigenvalue weighted by Crippen LogP contribution is -2.30. The number of aliphatic hydroxyl groups is 2. The van der Waals surface area contributed by atoms with Crippen LogP contribution in [0.15, 0.2) is 134 Å². The van der Waals surface area contributed by atoms with Crippen LogP contribution < -0.4 is 0 Å². The Hall–Kier alpha value is -4.31. The van der Waals surface area contributed by atoms with E-state index in [1.54, 1.807) is 0 Å². The van der Waals surface area contributed by atoms with Gasteiger partial charge in [-0.2, -0.15) is 0 Å². The van der Waals surface area contributed by atoms with Crippen LogP contribution in [0, 0.1) is 0 Å². The number of hydrogen-bond donors (Lipinski definition) is 4. The van der Waals surface area contributed by atoms with Crippen molar-refractivity contribution in [1.29, 1.82) is 0 Å². The molecule has 0 radical (unpaired) electrons. The fourth-order valence-electron chi connectivity index (χ4n) is 8.62. The molecule has 91 heavy (non-hydrogen) atoms. The third-order valence-electron chi connectivity index (χ3n) is 13.8. The van der Waals surface area contributed by atoms with Crippen LogP contribution in [0.4, 0.5) is 0 Å². The molecule has 4 N–H and O–H groups in total. The van der Waals surface area contributed by atoms with Crippen LogP contribution in [-0.2, 0) is 55.8 Å². The summed E-state index contributed by atoms with van der Waals surface area (Å²) in [5.74, 6) is -1.62. The van der Waals surface area contributed by atoms with Crippen LogP contribution in [0.2, 0.25) is 0 Å². The van der Waals surface area contributed by atoms with Crippen molar-refractivity contribution in [2.45, 2.75) is 270 Å². The molecule has 0 heterocycles. The Balaban J connectivity index is 4.63. The Morgan fingerprint density at radius 1 is 0.319 bits per heavy atom. The molecule has 0 bridgehead atoms. The molecule has 0 aromatic rings. The summed E-state index contributed by atoms with van der Waals surface area (Å²) in [6.45, 7) is 2.31.